The average Bonchev–Trinajstić information content (AvgIpc) is 2.46. The zero-order valence-electron chi connectivity index (χ0n) is 13.0. The Labute approximate surface area is 121 Å². The smallest absolute Gasteiger partial charge is 0.131 e. The largest absolute Gasteiger partial charge is 0.390 e. The average molecular weight is 278 g/mol. The number of aromatic nitrogens is 2. The second-order valence-electron chi connectivity index (χ2n) is 6.02. The zero-order valence-corrected chi connectivity index (χ0v) is 13.0. The summed E-state index contributed by atoms with van der Waals surface area (Å²) in [5, 5.41) is 9.59. The van der Waals surface area contributed by atoms with Crippen molar-refractivity contribution in [2.45, 2.75) is 45.3 Å². The fraction of sp³-hybridized carbons (Fsp3) is 0.733. The van der Waals surface area contributed by atoms with Gasteiger partial charge in [-0.3, -0.25) is 0 Å². The first-order valence-electron chi connectivity index (χ1n) is 7.41. The van der Waals surface area contributed by atoms with Crippen LogP contribution in [0.2, 0.25) is 0 Å². The van der Waals surface area contributed by atoms with Gasteiger partial charge in [-0.15, -0.1) is 0 Å². The summed E-state index contributed by atoms with van der Waals surface area (Å²) in [5.74, 6) is 1.08. The highest BCUT2D eigenvalue weighted by Gasteiger charge is 2.23. The molecule has 0 unspecified atom stereocenters. The first-order valence-corrected chi connectivity index (χ1v) is 7.41. The van der Waals surface area contributed by atoms with E-state index >= 15 is 0 Å². The number of likely N-dealkylation sites (tertiary alicyclic amines) is 1. The monoisotopic (exact) mass is 278 g/mol. The molecule has 20 heavy (non-hydrogen) atoms. The molecule has 0 aliphatic carbocycles. The minimum absolute atomic E-state index is 0.0332. The molecule has 1 N–H and O–H groups in total. The van der Waals surface area contributed by atoms with E-state index in [1.165, 1.54) is 0 Å². The molecule has 1 fully saturated rings. The maximum Gasteiger partial charge on any atom is 0.131 e. The summed E-state index contributed by atoms with van der Waals surface area (Å²) in [6.45, 7) is 6.34. The van der Waals surface area contributed by atoms with Crippen molar-refractivity contribution < 1.29 is 5.11 Å². The third-order valence-corrected chi connectivity index (χ3v) is 4.15. The molecule has 1 aromatic rings. The highest BCUT2D eigenvalue weighted by Crippen LogP contribution is 2.25. The van der Waals surface area contributed by atoms with Crippen molar-refractivity contribution in [2.24, 2.45) is 0 Å². The van der Waals surface area contributed by atoms with Crippen molar-refractivity contribution in [2.75, 3.05) is 32.1 Å². The molecule has 1 aliphatic heterocycles. The van der Waals surface area contributed by atoms with Crippen molar-refractivity contribution in [1.29, 1.82) is 0 Å². The predicted octanol–water partition coefficient (Wildman–Crippen LogP) is 1.62. The normalized spacial score (nSPS) is 17.7. The zero-order chi connectivity index (χ0) is 14.7. The molecule has 0 spiro atoms. The second-order valence-corrected chi connectivity index (χ2v) is 6.02. The van der Waals surface area contributed by atoms with Gasteiger partial charge in [0.2, 0.25) is 0 Å². The third kappa shape index (κ3) is 3.27. The molecule has 112 valence electrons. The SMILES string of the molecule is CC(C)c1ncc(N(C)C2CCN(C)CC2)c(CO)n1. The van der Waals surface area contributed by atoms with Crippen molar-refractivity contribution in [1.82, 2.24) is 14.9 Å². The van der Waals surface area contributed by atoms with Crippen LogP contribution in [0.4, 0.5) is 5.69 Å². The van der Waals surface area contributed by atoms with Gasteiger partial charge in [0.25, 0.3) is 0 Å². The van der Waals surface area contributed by atoms with Gasteiger partial charge in [-0.05, 0) is 33.0 Å². The topological polar surface area (TPSA) is 52.5 Å². The standard InChI is InChI=1S/C15H26N4O/c1-11(2)15-16-9-14(13(10-20)17-15)19(4)12-5-7-18(3)8-6-12/h9,11-12,20H,5-8,10H2,1-4H3. The number of hydrogen-bond donors (Lipinski definition) is 1. The Kier molecular flexibility index (Phi) is 4.94. The van der Waals surface area contributed by atoms with Gasteiger partial charge in [0, 0.05) is 19.0 Å². The molecule has 2 rings (SSSR count). The highest BCUT2D eigenvalue weighted by atomic mass is 16.3. The fourth-order valence-electron chi connectivity index (χ4n) is 2.69. The lowest BCUT2D eigenvalue weighted by molar-refractivity contribution is 0.251. The van der Waals surface area contributed by atoms with E-state index in [1.807, 2.05) is 6.20 Å². The Morgan fingerprint density at radius 3 is 2.60 bits per heavy atom. The lowest BCUT2D eigenvalue weighted by Gasteiger charge is -2.36. The van der Waals surface area contributed by atoms with Gasteiger partial charge in [-0.25, -0.2) is 9.97 Å². The van der Waals surface area contributed by atoms with Gasteiger partial charge in [0.15, 0.2) is 0 Å². The van der Waals surface area contributed by atoms with Crippen LogP contribution < -0.4 is 4.90 Å². The Morgan fingerprint density at radius 1 is 1.40 bits per heavy atom. The Morgan fingerprint density at radius 2 is 2.05 bits per heavy atom. The predicted molar refractivity (Wildman–Crippen MR) is 81.0 cm³/mol. The minimum atomic E-state index is -0.0332. The van der Waals surface area contributed by atoms with Crippen molar-refractivity contribution in [3.05, 3.63) is 17.7 Å². The van der Waals surface area contributed by atoms with E-state index in [9.17, 15) is 5.11 Å². The van der Waals surface area contributed by atoms with Crippen LogP contribution in [-0.2, 0) is 6.61 Å². The van der Waals surface area contributed by atoms with Crippen LogP contribution in [0.1, 0.15) is 44.1 Å². The molecule has 1 aromatic heterocycles. The molecule has 0 radical (unpaired) electrons. The van der Waals surface area contributed by atoms with Gasteiger partial charge >= 0.3 is 0 Å². The number of aliphatic hydroxyl groups excluding tert-OH is 1. The summed E-state index contributed by atoms with van der Waals surface area (Å²) >= 11 is 0. The van der Waals surface area contributed by atoms with E-state index in [0.29, 0.717) is 6.04 Å². The van der Waals surface area contributed by atoms with E-state index in [-0.39, 0.29) is 12.5 Å². The van der Waals surface area contributed by atoms with Gasteiger partial charge in [0.1, 0.15) is 5.82 Å². The van der Waals surface area contributed by atoms with E-state index < -0.39 is 0 Å². The highest BCUT2D eigenvalue weighted by molar-refractivity contribution is 5.49. The molecule has 2 heterocycles. The summed E-state index contributed by atoms with van der Waals surface area (Å²) in [4.78, 5) is 13.5. The van der Waals surface area contributed by atoms with Crippen molar-refractivity contribution >= 4 is 5.69 Å². The lowest BCUT2D eigenvalue weighted by Crippen LogP contribution is -2.42. The Bertz CT molecular complexity index is 441. The van der Waals surface area contributed by atoms with Crippen molar-refractivity contribution in [3.8, 4) is 0 Å². The van der Waals surface area contributed by atoms with Gasteiger partial charge < -0.3 is 14.9 Å². The van der Waals surface area contributed by atoms with Crippen LogP contribution in [0.15, 0.2) is 6.20 Å². The summed E-state index contributed by atoms with van der Waals surface area (Å²) in [6.07, 6.45) is 4.15. The van der Waals surface area contributed by atoms with Gasteiger partial charge in [-0.1, -0.05) is 13.8 Å². The van der Waals surface area contributed by atoms with Crippen LogP contribution >= 0.6 is 0 Å². The molecule has 0 amide bonds. The van der Waals surface area contributed by atoms with Crippen molar-refractivity contribution in [3.63, 3.8) is 0 Å². The summed E-state index contributed by atoms with van der Waals surface area (Å²) < 4.78 is 0. The molecular weight excluding hydrogens is 252 g/mol. The number of rotatable bonds is 4. The van der Waals surface area contributed by atoms with Crippen LogP contribution in [0.3, 0.4) is 0 Å². The van der Waals surface area contributed by atoms with E-state index in [0.717, 1.165) is 43.1 Å². The number of aliphatic hydroxyl groups is 1. The summed E-state index contributed by atoms with van der Waals surface area (Å²) in [6, 6.07) is 0.505. The first-order chi connectivity index (χ1) is 9.52. The number of hydrogen-bond acceptors (Lipinski definition) is 5. The Balaban J connectivity index is 2.18. The van der Waals surface area contributed by atoms with Crippen LogP contribution in [0.5, 0.6) is 0 Å². The van der Waals surface area contributed by atoms with E-state index in [1.54, 1.807) is 0 Å². The second kappa shape index (κ2) is 6.50. The number of nitrogens with zero attached hydrogens (tertiary/aromatic N) is 4. The summed E-state index contributed by atoms with van der Waals surface area (Å²) in [7, 11) is 4.25. The molecule has 0 aromatic carbocycles. The first kappa shape index (κ1) is 15.2. The Hall–Kier alpha value is -1.20. The molecule has 5 nitrogen and oxygen atoms in total. The number of piperidine rings is 1. The molecule has 0 atom stereocenters. The van der Waals surface area contributed by atoms with Gasteiger partial charge in [-0.2, -0.15) is 0 Å². The quantitative estimate of drug-likeness (QED) is 0.907. The lowest BCUT2D eigenvalue weighted by atomic mass is 10.0. The van der Waals surface area contributed by atoms with E-state index in [4.69, 9.17) is 0 Å². The molecule has 0 saturated carbocycles. The number of anilines is 1. The maximum absolute atomic E-state index is 9.59. The molecule has 5 heteroatoms. The maximum atomic E-state index is 9.59. The van der Waals surface area contributed by atoms with E-state index in [2.05, 4.69) is 47.7 Å². The van der Waals surface area contributed by atoms with Crippen LogP contribution in [-0.4, -0.2) is 53.2 Å². The molecular formula is C15H26N4O. The van der Waals surface area contributed by atoms with Crippen LogP contribution in [0.25, 0.3) is 0 Å². The third-order valence-electron chi connectivity index (χ3n) is 4.15. The summed E-state index contributed by atoms with van der Waals surface area (Å²) in [5.41, 5.74) is 1.71. The minimum Gasteiger partial charge on any atom is -0.390 e. The molecule has 1 saturated heterocycles. The van der Waals surface area contributed by atoms with Crippen LogP contribution in [0, 0.1) is 0 Å². The fourth-order valence-corrected chi connectivity index (χ4v) is 2.69. The van der Waals surface area contributed by atoms with Gasteiger partial charge in [0.05, 0.1) is 24.2 Å². The molecule has 0 bridgehead atoms. The molecule has 1 aliphatic rings.